The SMILES string of the molecule is CCCCN1C=CN(CCCC)C1c1ccccc1. The zero-order chi connectivity index (χ0) is 13.5. The third kappa shape index (κ3) is 3.52. The van der Waals surface area contributed by atoms with Crippen LogP contribution in [0.1, 0.15) is 51.3 Å². The van der Waals surface area contributed by atoms with Gasteiger partial charge in [0, 0.05) is 25.5 Å². The molecule has 0 amide bonds. The molecule has 0 saturated heterocycles. The van der Waals surface area contributed by atoms with E-state index < -0.39 is 0 Å². The molecule has 0 saturated carbocycles. The third-order valence-corrected chi connectivity index (χ3v) is 3.72. The van der Waals surface area contributed by atoms with Crippen molar-refractivity contribution in [2.75, 3.05) is 13.1 Å². The van der Waals surface area contributed by atoms with E-state index in [9.17, 15) is 0 Å². The number of hydrogen-bond donors (Lipinski definition) is 0. The Hall–Kier alpha value is -1.44. The number of unbranched alkanes of at least 4 members (excludes halogenated alkanes) is 2. The van der Waals surface area contributed by atoms with Crippen molar-refractivity contribution in [3.8, 4) is 0 Å². The summed E-state index contributed by atoms with van der Waals surface area (Å²) in [4.78, 5) is 4.96. The van der Waals surface area contributed by atoms with Crippen LogP contribution in [0.3, 0.4) is 0 Å². The maximum Gasteiger partial charge on any atom is 0.127 e. The fraction of sp³-hybridized carbons (Fsp3) is 0.529. The molecule has 2 heteroatoms. The zero-order valence-corrected chi connectivity index (χ0v) is 12.3. The largest absolute Gasteiger partial charge is 0.352 e. The Balaban J connectivity index is 2.10. The second kappa shape index (κ2) is 7.22. The van der Waals surface area contributed by atoms with Crippen molar-refractivity contribution in [3.05, 3.63) is 48.3 Å². The Bertz CT molecular complexity index is 368. The Morgan fingerprint density at radius 1 is 0.842 bits per heavy atom. The summed E-state index contributed by atoms with van der Waals surface area (Å²) in [5.74, 6) is 0. The monoisotopic (exact) mass is 258 g/mol. The molecule has 0 radical (unpaired) electrons. The van der Waals surface area contributed by atoms with Crippen LogP contribution in [-0.4, -0.2) is 22.9 Å². The van der Waals surface area contributed by atoms with Gasteiger partial charge in [-0.1, -0.05) is 57.0 Å². The summed E-state index contributed by atoms with van der Waals surface area (Å²) in [6.45, 7) is 6.81. The fourth-order valence-corrected chi connectivity index (χ4v) is 2.61. The van der Waals surface area contributed by atoms with Gasteiger partial charge in [-0.2, -0.15) is 0 Å². The molecule has 1 heterocycles. The molecule has 2 rings (SSSR count). The summed E-state index contributed by atoms with van der Waals surface area (Å²) in [6.07, 6.45) is 9.96. The predicted molar refractivity (Wildman–Crippen MR) is 81.6 cm³/mol. The van der Waals surface area contributed by atoms with E-state index in [4.69, 9.17) is 0 Å². The highest BCUT2D eigenvalue weighted by atomic mass is 15.4. The normalized spacial score (nSPS) is 15.5. The first-order valence-electron chi connectivity index (χ1n) is 7.61. The highest BCUT2D eigenvalue weighted by molar-refractivity contribution is 5.21. The van der Waals surface area contributed by atoms with Gasteiger partial charge in [-0.05, 0) is 18.4 Å². The summed E-state index contributed by atoms with van der Waals surface area (Å²) < 4.78 is 0. The smallest absolute Gasteiger partial charge is 0.127 e. The van der Waals surface area contributed by atoms with E-state index in [1.54, 1.807) is 0 Å². The van der Waals surface area contributed by atoms with Gasteiger partial charge in [0.15, 0.2) is 0 Å². The van der Waals surface area contributed by atoms with E-state index in [1.165, 1.54) is 31.2 Å². The Morgan fingerprint density at radius 3 is 1.84 bits per heavy atom. The molecule has 1 aliphatic heterocycles. The lowest BCUT2D eigenvalue weighted by Crippen LogP contribution is -2.31. The molecule has 1 aromatic rings. The van der Waals surface area contributed by atoms with Crippen LogP contribution < -0.4 is 0 Å². The van der Waals surface area contributed by atoms with E-state index in [0.29, 0.717) is 6.17 Å². The summed E-state index contributed by atoms with van der Waals surface area (Å²) >= 11 is 0. The molecule has 1 aromatic carbocycles. The maximum absolute atomic E-state index is 2.48. The first-order valence-corrected chi connectivity index (χ1v) is 7.61. The fourth-order valence-electron chi connectivity index (χ4n) is 2.61. The van der Waals surface area contributed by atoms with E-state index >= 15 is 0 Å². The Morgan fingerprint density at radius 2 is 1.37 bits per heavy atom. The summed E-state index contributed by atoms with van der Waals surface area (Å²) in [6, 6.07) is 10.9. The molecule has 104 valence electrons. The molecule has 1 aliphatic rings. The van der Waals surface area contributed by atoms with Gasteiger partial charge in [0.25, 0.3) is 0 Å². The predicted octanol–water partition coefficient (Wildman–Crippen LogP) is 4.37. The third-order valence-electron chi connectivity index (χ3n) is 3.72. The molecular formula is C17H26N2. The van der Waals surface area contributed by atoms with Gasteiger partial charge in [-0.3, -0.25) is 0 Å². The standard InChI is InChI=1S/C17H26N2/c1-3-5-12-18-14-15-19(13-6-4-2)17(18)16-10-8-7-9-11-16/h7-11,14-15,17H,3-6,12-13H2,1-2H3. The topological polar surface area (TPSA) is 6.48 Å². The molecule has 2 nitrogen and oxygen atoms in total. The van der Waals surface area contributed by atoms with Crippen molar-refractivity contribution in [1.82, 2.24) is 9.80 Å². The van der Waals surface area contributed by atoms with Crippen molar-refractivity contribution in [3.63, 3.8) is 0 Å². The molecule has 0 fully saturated rings. The van der Waals surface area contributed by atoms with Crippen LogP contribution in [0.4, 0.5) is 0 Å². The molecule has 0 unspecified atom stereocenters. The molecule has 0 aliphatic carbocycles. The van der Waals surface area contributed by atoms with Crippen molar-refractivity contribution >= 4 is 0 Å². The number of benzene rings is 1. The molecular weight excluding hydrogens is 232 g/mol. The van der Waals surface area contributed by atoms with Gasteiger partial charge in [0.1, 0.15) is 6.17 Å². The van der Waals surface area contributed by atoms with Gasteiger partial charge in [-0.25, -0.2) is 0 Å². The van der Waals surface area contributed by atoms with E-state index in [0.717, 1.165) is 13.1 Å². The minimum atomic E-state index is 0.402. The molecule has 0 bridgehead atoms. The molecule has 0 aromatic heterocycles. The van der Waals surface area contributed by atoms with Crippen molar-refractivity contribution < 1.29 is 0 Å². The summed E-state index contributed by atoms with van der Waals surface area (Å²) in [7, 11) is 0. The van der Waals surface area contributed by atoms with E-state index in [2.05, 4.69) is 66.4 Å². The quantitative estimate of drug-likeness (QED) is 0.716. The lowest BCUT2D eigenvalue weighted by molar-refractivity contribution is 0.151. The van der Waals surface area contributed by atoms with E-state index in [1.807, 2.05) is 0 Å². The minimum absolute atomic E-state index is 0.402. The Kier molecular flexibility index (Phi) is 5.31. The van der Waals surface area contributed by atoms with E-state index in [-0.39, 0.29) is 0 Å². The zero-order valence-electron chi connectivity index (χ0n) is 12.3. The van der Waals surface area contributed by atoms with Crippen LogP contribution in [0.2, 0.25) is 0 Å². The highest BCUT2D eigenvalue weighted by Crippen LogP contribution is 2.31. The molecule has 0 atom stereocenters. The number of rotatable bonds is 7. The van der Waals surface area contributed by atoms with Crippen LogP contribution in [0.5, 0.6) is 0 Å². The summed E-state index contributed by atoms with van der Waals surface area (Å²) in [5, 5.41) is 0. The van der Waals surface area contributed by atoms with Gasteiger partial charge in [0.2, 0.25) is 0 Å². The number of hydrogen-bond acceptors (Lipinski definition) is 2. The Labute approximate surface area is 117 Å². The van der Waals surface area contributed by atoms with Crippen molar-refractivity contribution in [2.45, 2.75) is 45.7 Å². The van der Waals surface area contributed by atoms with Gasteiger partial charge < -0.3 is 9.80 Å². The lowest BCUT2D eigenvalue weighted by Gasteiger charge is -2.33. The average Bonchev–Trinajstić information content (AvgIpc) is 2.86. The second-order valence-electron chi connectivity index (χ2n) is 5.27. The van der Waals surface area contributed by atoms with Crippen molar-refractivity contribution in [1.29, 1.82) is 0 Å². The van der Waals surface area contributed by atoms with Gasteiger partial charge in [0.05, 0.1) is 0 Å². The molecule has 0 N–H and O–H groups in total. The number of nitrogens with zero attached hydrogens (tertiary/aromatic N) is 2. The van der Waals surface area contributed by atoms with Crippen LogP contribution in [0.15, 0.2) is 42.7 Å². The van der Waals surface area contributed by atoms with Gasteiger partial charge in [-0.15, -0.1) is 0 Å². The molecule has 0 spiro atoms. The maximum atomic E-state index is 2.48. The van der Waals surface area contributed by atoms with Gasteiger partial charge >= 0.3 is 0 Å². The lowest BCUT2D eigenvalue weighted by atomic mass is 10.1. The minimum Gasteiger partial charge on any atom is -0.352 e. The van der Waals surface area contributed by atoms with Crippen LogP contribution >= 0.6 is 0 Å². The van der Waals surface area contributed by atoms with Crippen LogP contribution in [0, 0.1) is 0 Å². The first-order chi connectivity index (χ1) is 9.36. The average molecular weight is 258 g/mol. The highest BCUT2D eigenvalue weighted by Gasteiger charge is 2.26. The van der Waals surface area contributed by atoms with Crippen LogP contribution in [-0.2, 0) is 0 Å². The first kappa shape index (κ1) is 14.0. The molecule has 19 heavy (non-hydrogen) atoms. The second-order valence-corrected chi connectivity index (χ2v) is 5.27. The van der Waals surface area contributed by atoms with Crippen LogP contribution in [0.25, 0.3) is 0 Å². The summed E-state index contributed by atoms with van der Waals surface area (Å²) in [5.41, 5.74) is 1.40. The van der Waals surface area contributed by atoms with Crippen molar-refractivity contribution in [2.24, 2.45) is 0 Å².